The molecule has 0 radical (unpaired) electrons. The largest absolute Gasteiger partial charge is 0.472 e. The van der Waals surface area contributed by atoms with E-state index in [1.54, 1.807) is 12.5 Å². The maximum Gasteiger partial charge on any atom is 0.273 e. The van der Waals surface area contributed by atoms with Crippen molar-refractivity contribution in [1.29, 1.82) is 0 Å². The van der Waals surface area contributed by atoms with Crippen LogP contribution in [0.1, 0.15) is 23.0 Å². The Morgan fingerprint density at radius 1 is 1.27 bits per heavy atom. The molecule has 1 aliphatic heterocycles. The maximum atomic E-state index is 12.9. The van der Waals surface area contributed by atoms with Gasteiger partial charge in [0.05, 0.1) is 6.26 Å². The highest BCUT2D eigenvalue weighted by molar-refractivity contribution is 7.13. The van der Waals surface area contributed by atoms with E-state index in [4.69, 9.17) is 4.42 Å². The first-order valence-electron chi connectivity index (χ1n) is 8.76. The van der Waals surface area contributed by atoms with E-state index < -0.39 is 0 Å². The van der Waals surface area contributed by atoms with Gasteiger partial charge in [0.1, 0.15) is 17.0 Å². The summed E-state index contributed by atoms with van der Waals surface area (Å²) in [6, 6.07) is 12.5. The number of thiazole rings is 1. The third-order valence-corrected chi connectivity index (χ3v) is 5.60. The molecule has 1 aliphatic rings. The first kappa shape index (κ1) is 17.0. The van der Waals surface area contributed by atoms with Crippen molar-refractivity contribution < 1.29 is 9.21 Å². The van der Waals surface area contributed by atoms with Crippen molar-refractivity contribution in [1.82, 2.24) is 14.8 Å². The lowest BCUT2D eigenvalue weighted by Gasteiger charge is -2.39. The van der Waals surface area contributed by atoms with Gasteiger partial charge in [-0.2, -0.15) is 0 Å². The standard InChI is InChI=1S/C20H21N3O2S/c1-15-11-22(12-16-5-3-2-4-6-16)8-9-23(15)20(24)18-14-26-19(21-18)17-7-10-25-13-17/h2-7,10,13-15H,8-9,11-12H2,1H3. The van der Waals surface area contributed by atoms with Crippen LogP contribution in [0.25, 0.3) is 10.6 Å². The first-order valence-corrected chi connectivity index (χ1v) is 9.64. The van der Waals surface area contributed by atoms with Crippen LogP contribution in [0.4, 0.5) is 0 Å². The zero-order valence-corrected chi connectivity index (χ0v) is 15.5. The number of amides is 1. The molecule has 1 unspecified atom stereocenters. The Bertz CT molecular complexity index is 860. The van der Waals surface area contributed by atoms with Crippen molar-refractivity contribution in [2.75, 3.05) is 19.6 Å². The van der Waals surface area contributed by atoms with Crippen molar-refractivity contribution in [3.63, 3.8) is 0 Å². The summed E-state index contributed by atoms with van der Waals surface area (Å²) in [5.41, 5.74) is 2.74. The Kier molecular flexibility index (Phi) is 4.86. The summed E-state index contributed by atoms with van der Waals surface area (Å²) in [5.74, 6) is 0.0165. The van der Waals surface area contributed by atoms with Crippen LogP contribution in [-0.2, 0) is 6.54 Å². The number of hydrogen-bond donors (Lipinski definition) is 0. The quantitative estimate of drug-likeness (QED) is 0.705. The van der Waals surface area contributed by atoms with E-state index in [-0.39, 0.29) is 11.9 Å². The van der Waals surface area contributed by atoms with Crippen molar-refractivity contribution in [2.45, 2.75) is 19.5 Å². The van der Waals surface area contributed by atoms with Crippen LogP contribution >= 0.6 is 11.3 Å². The SMILES string of the molecule is CC1CN(Cc2ccccc2)CCN1C(=O)c1csc(-c2ccoc2)n1. The van der Waals surface area contributed by atoms with Crippen molar-refractivity contribution >= 4 is 17.2 Å². The molecule has 0 N–H and O–H groups in total. The van der Waals surface area contributed by atoms with Crippen LogP contribution in [-0.4, -0.2) is 46.4 Å². The highest BCUT2D eigenvalue weighted by Gasteiger charge is 2.29. The zero-order chi connectivity index (χ0) is 17.9. The maximum absolute atomic E-state index is 12.9. The smallest absolute Gasteiger partial charge is 0.273 e. The predicted octanol–water partition coefficient (Wildman–Crippen LogP) is 3.75. The summed E-state index contributed by atoms with van der Waals surface area (Å²) in [6.45, 7) is 5.52. The van der Waals surface area contributed by atoms with Gasteiger partial charge in [-0.05, 0) is 18.6 Å². The van der Waals surface area contributed by atoms with Gasteiger partial charge in [0.15, 0.2) is 0 Å². The predicted molar refractivity (Wildman–Crippen MR) is 102 cm³/mol. The molecule has 0 spiro atoms. The molecule has 6 heteroatoms. The molecule has 1 saturated heterocycles. The molecular weight excluding hydrogens is 346 g/mol. The zero-order valence-electron chi connectivity index (χ0n) is 14.7. The highest BCUT2D eigenvalue weighted by atomic mass is 32.1. The Morgan fingerprint density at radius 3 is 2.85 bits per heavy atom. The third-order valence-electron chi connectivity index (χ3n) is 4.71. The summed E-state index contributed by atoms with van der Waals surface area (Å²) in [5, 5.41) is 2.66. The molecule has 1 atom stereocenters. The number of piperazine rings is 1. The van der Waals surface area contributed by atoms with E-state index in [9.17, 15) is 4.79 Å². The third kappa shape index (κ3) is 3.57. The van der Waals surface area contributed by atoms with Gasteiger partial charge in [0.25, 0.3) is 5.91 Å². The summed E-state index contributed by atoms with van der Waals surface area (Å²) in [7, 11) is 0. The summed E-state index contributed by atoms with van der Waals surface area (Å²) in [4.78, 5) is 21.7. The average Bonchev–Trinajstić information content (AvgIpc) is 3.34. The lowest BCUT2D eigenvalue weighted by Crippen LogP contribution is -2.53. The van der Waals surface area contributed by atoms with E-state index in [2.05, 4.69) is 41.1 Å². The Balaban J connectivity index is 1.40. The topological polar surface area (TPSA) is 49.6 Å². The molecule has 0 saturated carbocycles. The lowest BCUT2D eigenvalue weighted by molar-refractivity contribution is 0.0471. The molecule has 1 aromatic carbocycles. The summed E-state index contributed by atoms with van der Waals surface area (Å²) < 4.78 is 5.10. The van der Waals surface area contributed by atoms with E-state index in [0.29, 0.717) is 5.69 Å². The van der Waals surface area contributed by atoms with Gasteiger partial charge in [0.2, 0.25) is 0 Å². The molecule has 2 aromatic heterocycles. The minimum Gasteiger partial charge on any atom is -0.472 e. The lowest BCUT2D eigenvalue weighted by atomic mass is 10.1. The molecule has 1 fully saturated rings. The van der Waals surface area contributed by atoms with Gasteiger partial charge in [-0.3, -0.25) is 9.69 Å². The number of carbonyl (C=O) groups is 1. The Hall–Kier alpha value is -2.44. The summed E-state index contributed by atoms with van der Waals surface area (Å²) in [6.07, 6.45) is 3.27. The number of carbonyl (C=O) groups excluding carboxylic acids is 1. The first-order chi connectivity index (χ1) is 12.7. The molecule has 1 amide bonds. The monoisotopic (exact) mass is 367 g/mol. The number of aromatic nitrogens is 1. The molecule has 0 bridgehead atoms. The minimum absolute atomic E-state index is 0.0165. The van der Waals surface area contributed by atoms with E-state index in [1.165, 1.54) is 16.9 Å². The molecular formula is C20H21N3O2S. The Labute approximate surface area is 156 Å². The molecule has 5 nitrogen and oxygen atoms in total. The normalized spacial score (nSPS) is 18.2. The second-order valence-electron chi connectivity index (χ2n) is 6.62. The second-order valence-corrected chi connectivity index (χ2v) is 7.48. The molecule has 4 rings (SSSR count). The van der Waals surface area contributed by atoms with Crippen LogP contribution in [0.15, 0.2) is 58.7 Å². The highest BCUT2D eigenvalue weighted by Crippen LogP contribution is 2.25. The van der Waals surface area contributed by atoms with Crippen LogP contribution in [0.2, 0.25) is 0 Å². The van der Waals surface area contributed by atoms with Crippen LogP contribution in [0.3, 0.4) is 0 Å². The number of hydrogen-bond acceptors (Lipinski definition) is 5. The minimum atomic E-state index is 0.0165. The molecule has 3 aromatic rings. The van der Waals surface area contributed by atoms with Crippen LogP contribution in [0, 0.1) is 0 Å². The van der Waals surface area contributed by atoms with E-state index >= 15 is 0 Å². The van der Waals surface area contributed by atoms with E-state index in [1.807, 2.05) is 22.4 Å². The van der Waals surface area contributed by atoms with Gasteiger partial charge in [-0.1, -0.05) is 30.3 Å². The number of furan rings is 1. The van der Waals surface area contributed by atoms with Crippen LogP contribution < -0.4 is 0 Å². The number of rotatable bonds is 4. The van der Waals surface area contributed by atoms with Crippen LogP contribution in [0.5, 0.6) is 0 Å². The van der Waals surface area contributed by atoms with Crippen molar-refractivity contribution in [3.8, 4) is 10.6 Å². The second kappa shape index (κ2) is 7.43. The van der Waals surface area contributed by atoms with Gasteiger partial charge in [0, 0.05) is 43.2 Å². The molecule has 0 aliphatic carbocycles. The number of benzene rings is 1. The molecule has 3 heterocycles. The van der Waals surface area contributed by atoms with Gasteiger partial charge >= 0.3 is 0 Å². The Morgan fingerprint density at radius 2 is 2.12 bits per heavy atom. The van der Waals surface area contributed by atoms with Gasteiger partial charge < -0.3 is 9.32 Å². The van der Waals surface area contributed by atoms with Gasteiger partial charge in [-0.25, -0.2) is 4.98 Å². The van der Waals surface area contributed by atoms with Crippen molar-refractivity contribution in [2.24, 2.45) is 0 Å². The number of nitrogens with zero attached hydrogens (tertiary/aromatic N) is 3. The fourth-order valence-corrected chi connectivity index (χ4v) is 4.14. The van der Waals surface area contributed by atoms with E-state index in [0.717, 1.165) is 36.8 Å². The average molecular weight is 367 g/mol. The van der Waals surface area contributed by atoms with Crippen molar-refractivity contribution in [3.05, 3.63) is 65.6 Å². The fourth-order valence-electron chi connectivity index (χ4n) is 3.36. The fraction of sp³-hybridized carbons (Fsp3) is 0.300. The summed E-state index contributed by atoms with van der Waals surface area (Å²) >= 11 is 1.47. The van der Waals surface area contributed by atoms with Gasteiger partial charge in [-0.15, -0.1) is 11.3 Å². The molecule has 26 heavy (non-hydrogen) atoms. The molecule has 134 valence electrons.